The maximum atomic E-state index is 13.5. The van der Waals surface area contributed by atoms with E-state index in [2.05, 4.69) is 10.3 Å². The Morgan fingerprint density at radius 2 is 1.79 bits per heavy atom. The average Bonchev–Trinajstić information content (AvgIpc) is 3.02. The maximum Gasteiger partial charge on any atom is 0.316 e. The topological polar surface area (TPSA) is 85.4 Å². The molecule has 1 aliphatic carbocycles. The molecular formula is C27H32N2O4. The Labute approximate surface area is 195 Å². The van der Waals surface area contributed by atoms with Gasteiger partial charge in [-0.25, -0.2) is 0 Å². The second-order valence-electron chi connectivity index (χ2n) is 9.74. The summed E-state index contributed by atoms with van der Waals surface area (Å²) in [5.74, 6) is -0.634. The van der Waals surface area contributed by atoms with E-state index >= 15 is 0 Å². The summed E-state index contributed by atoms with van der Waals surface area (Å²) in [6, 6.07) is 9.21. The lowest BCUT2D eigenvalue weighted by Gasteiger charge is -2.18. The van der Waals surface area contributed by atoms with E-state index in [1.54, 1.807) is 45.2 Å². The average molecular weight is 449 g/mol. The molecule has 6 nitrogen and oxygen atoms in total. The second-order valence-corrected chi connectivity index (χ2v) is 9.74. The van der Waals surface area contributed by atoms with Crippen molar-refractivity contribution in [2.75, 3.05) is 6.54 Å². The molecule has 174 valence electrons. The second kappa shape index (κ2) is 9.69. The third-order valence-electron chi connectivity index (χ3n) is 5.76. The Kier molecular flexibility index (Phi) is 7.15. The molecule has 0 saturated heterocycles. The SMILES string of the molecule is Cc1cc(C)c(C2=C(OC(=O)C(C)(C)C)CC(CCNC(=O)c3ccccn3)C2=O)c(C)c1. The Morgan fingerprint density at radius 3 is 2.36 bits per heavy atom. The standard InChI is InChI=1S/C27H32N2O4/c1-16-13-17(2)22(18(3)14-16)23-21(33-26(32)27(4,5)6)15-19(24(23)30)10-12-29-25(31)20-9-7-8-11-28-20/h7-9,11,13-14,19H,10,12,15H2,1-6H3,(H,29,31). The van der Waals surface area contributed by atoms with Crippen molar-refractivity contribution >= 4 is 23.2 Å². The molecule has 1 N–H and O–H groups in total. The van der Waals surface area contributed by atoms with Gasteiger partial charge in [0.25, 0.3) is 5.91 Å². The van der Waals surface area contributed by atoms with E-state index in [-0.39, 0.29) is 23.6 Å². The van der Waals surface area contributed by atoms with Crippen molar-refractivity contribution in [1.29, 1.82) is 0 Å². The number of rotatable bonds is 6. The Hall–Kier alpha value is -3.28. The van der Waals surface area contributed by atoms with Crippen LogP contribution < -0.4 is 5.32 Å². The van der Waals surface area contributed by atoms with Crippen molar-refractivity contribution in [3.8, 4) is 0 Å². The largest absolute Gasteiger partial charge is 0.430 e. The summed E-state index contributed by atoms with van der Waals surface area (Å²) in [6.45, 7) is 11.7. The third-order valence-corrected chi connectivity index (χ3v) is 5.76. The first-order valence-electron chi connectivity index (χ1n) is 11.3. The van der Waals surface area contributed by atoms with Crippen LogP contribution in [-0.2, 0) is 14.3 Å². The highest BCUT2D eigenvalue weighted by atomic mass is 16.5. The first-order chi connectivity index (χ1) is 15.5. The third kappa shape index (κ3) is 5.56. The van der Waals surface area contributed by atoms with Crippen LogP contribution in [0.15, 0.2) is 42.3 Å². The number of nitrogens with zero attached hydrogens (tertiary/aromatic N) is 1. The molecule has 1 amide bonds. The molecular weight excluding hydrogens is 416 g/mol. The molecule has 33 heavy (non-hydrogen) atoms. The number of pyridine rings is 1. The molecule has 1 atom stereocenters. The summed E-state index contributed by atoms with van der Waals surface area (Å²) in [7, 11) is 0. The van der Waals surface area contributed by atoms with Crippen molar-refractivity contribution < 1.29 is 19.1 Å². The zero-order valence-corrected chi connectivity index (χ0v) is 20.2. The number of hydrogen-bond donors (Lipinski definition) is 1. The van der Waals surface area contributed by atoms with Gasteiger partial charge in [0.2, 0.25) is 0 Å². The van der Waals surface area contributed by atoms with Crippen molar-refractivity contribution in [1.82, 2.24) is 10.3 Å². The van der Waals surface area contributed by atoms with Gasteiger partial charge in [-0.3, -0.25) is 19.4 Å². The number of esters is 1. The minimum Gasteiger partial charge on any atom is -0.430 e. The fourth-order valence-corrected chi connectivity index (χ4v) is 4.14. The normalized spacial score (nSPS) is 16.2. The molecule has 1 aromatic heterocycles. The maximum absolute atomic E-state index is 13.5. The molecule has 0 fully saturated rings. The molecule has 1 aliphatic rings. The number of nitrogens with one attached hydrogen (secondary N) is 1. The van der Waals surface area contributed by atoms with Crippen LogP contribution >= 0.6 is 0 Å². The monoisotopic (exact) mass is 448 g/mol. The van der Waals surface area contributed by atoms with Gasteiger partial charge in [-0.2, -0.15) is 0 Å². The quantitative estimate of drug-likeness (QED) is 0.647. The lowest BCUT2D eigenvalue weighted by Crippen LogP contribution is -2.27. The first kappa shape index (κ1) is 24.4. The van der Waals surface area contributed by atoms with Crippen LogP contribution in [0.1, 0.15) is 66.4 Å². The van der Waals surface area contributed by atoms with Gasteiger partial charge in [-0.15, -0.1) is 0 Å². The molecule has 3 rings (SSSR count). The summed E-state index contributed by atoms with van der Waals surface area (Å²) in [5, 5.41) is 2.83. The number of aromatic nitrogens is 1. The van der Waals surface area contributed by atoms with Crippen molar-refractivity contribution in [2.45, 2.75) is 54.4 Å². The number of benzene rings is 1. The summed E-state index contributed by atoms with van der Waals surface area (Å²) < 4.78 is 5.80. The van der Waals surface area contributed by atoms with E-state index < -0.39 is 5.41 Å². The van der Waals surface area contributed by atoms with E-state index in [1.807, 2.05) is 32.9 Å². The molecule has 0 saturated carbocycles. The minimum atomic E-state index is -0.687. The zero-order chi connectivity index (χ0) is 24.3. The predicted molar refractivity (Wildman–Crippen MR) is 127 cm³/mol. The number of carbonyl (C=O) groups is 3. The number of Topliss-reactive ketones (excluding diaryl/α,β-unsaturated/α-hetero) is 1. The highest BCUT2D eigenvalue weighted by Crippen LogP contribution is 2.40. The van der Waals surface area contributed by atoms with Gasteiger partial charge in [-0.05, 0) is 76.8 Å². The van der Waals surface area contributed by atoms with Crippen molar-refractivity contribution in [3.63, 3.8) is 0 Å². The van der Waals surface area contributed by atoms with E-state index in [1.165, 1.54) is 0 Å². The van der Waals surface area contributed by atoms with E-state index in [0.717, 1.165) is 22.3 Å². The number of hydrogen-bond acceptors (Lipinski definition) is 5. The minimum absolute atomic E-state index is 0.0474. The number of carbonyl (C=O) groups excluding carboxylic acids is 3. The van der Waals surface area contributed by atoms with Crippen LogP contribution in [0, 0.1) is 32.1 Å². The van der Waals surface area contributed by atoms with Crippen LogP contribution in [0.5, 0.6) is 0 Å². The summed E-state index contributed by atoms with van der Waals surface area (Å²) in [5.41, 5.74) is 4.04. The summed E-state index contributed by atoms with van der Waals surface area (Å²) >= 11 is 0. The Morgan fingerprint density at radius 1 is 1.12 bits per heavy atom. The molecule has 1 aromatic carbocycles. The zero-order valence-electron chi connectivity index (χ0n) is 20.2. The molecule has 1 unspecified atom stereocenters. The van der Waals surface area contributed by atoms with Gasteiger partial charge in [0, 0.05) is 25.1 Å². The summed E-state index contributed by atoms with van der Waals surface area (Å²) in [6.07, 6.45) is 2.34. The van der Waals surface area contributed by atoms with Crippen LogP contribution in [0.4, 0.5) is 0 Å². The smallest absolute Gasteiger partial charge is 0.316 e. The number of ketones is 1. The molecule has 0 aliphatic heterocycles. The van der Waals surface area contributed by atoms with Crippen LogP contribution in [0.25, 0.3) is 5.57 Å². The van der Waals surface area contributed by atoms with Crippen LogP contribution in [-0.4, -0.2) is 29.2 Å². The highest BCUT2D eigenvalue weighted by molar-refractivity contribution is 6.25. The van der Waals surface area contributed by atoms with Crippen LogP contribution in [0.2, 0.25) is 0 Å². The highest BCUT2D eigenvalue weighted by Gasteiger charge is 2.38. The lowest BCUT2D eigenvalue weighted by atomic mass is 9.90. The molecule has 0 spiro atoms. The Balaban J connectivity index is 1.83. The number of allylic oxidation sites excluding steroid dienone is 2. The number of amides is 1. The van der Waals surface area contributed by atoms with Gasteiger partial charge >= 0.3 is 5.97 Å². The van der Waals surface area contributed by atoms with Crippen LogP contribution in [0.3, 0.4) is 0 Å². The molecule has 0 bridgehead atoms. The Bertz CT molecular complexity index is 1090. The molecule has 6 heteroatoms. The predicted octanol–water partition coefficient (Wildman–Crippen LogP) is 4.72. The van der Waals surface area contributed by atoms with Gasteiger partial charge < -0.3 is 10.1 Å². The fraction of sp³-hybridized carbons (Fsp3) is 0.407. The fourth-order valence-electron chi connectivity index (χ4n) is 4.14. The molecule has 0 radical (unpaired) electrons. The molecule has 1 heterocycles. The number of aryl methyl sites for hydroxylation is 3. The number of ether oxygens (including phenoxy) is 1. The van der Waals surface area contributed by atoms with Gasteiger partial charge in [0.05, 0.1) is 11.0 Å². The lowest BCUT2D eigenvalue weighted by molar-refractivity contribution is -0.148. The van der Waals surface area contributed by atoms with E-state index in [4.69, 9.17) is 4.74 Å². The first-order valence-corrected chi connectivity index (χ1v) is 11.3. The van der Waals surface area contributed by atoms with Gasteiger partial charge in [0.15, 0.2) is 5.78 Å². The van der Waals surface area contributed by atoms with Gasteiger partial charge in [-0.1, -0.05) is 23.8 Å². The summed E-state index contributed by atoms with van der Waals surface area (Å²) in [4.78, 5) is 42.5. The van der Waals surface area contributed by atoms with Crippen molar-refractivity contribution in [2.24, 2.45) is 11.3 Å². The van der Waals surface area contributed by atoms with E-state index in [9.17, 15) is 14.4 Å². The van der Waals surface area contributed by atoms with E-state index in [0.29, 0.717) is 36.4 Å². The van der Waals surface area contributed by atoms with Crippen molar-refractivity contribution in [3.05, 3.63) is 70.2 Å². The molecule has 2 aromatic rings. The van der Waals surface area contributed by atoms with Gasteiger partial charge in [0.1, 0.15) is 11.5 Å².